The van der Waals surface area contributed by atoms with Gasteiger partial charge in [-0.3, -0.25) is 4.99 Å². The summed E-state index contributed by atoms with van der Waals surface area (Å²) in [6.45, 7) is 1.22. The van der Waals surface area contributed by atoms with Crippen LogP contribution in [0.15, 0.2) is 4.99 Å². The van der Waals surface area contributed by atoms with Crippen molar-refractivity contribution >= 4 is 5.96 Å². The maximum absolute atomic E-state index is 8.36. The van der Waals surface area contributed by atoms with E-state index in [9.17, 15) is 0 Å². The van der Waals surface area contributed by atoms with Crippen LogP contribution in [0.4, 0.5) is 0 Å². The first-order chi connectivity index (χ1) is 8.02. The molecule has 1 rings (SSSR count). The maximum Gasteiger partial charge on any atom is 0.291 e. The molecule has 1 saturated carbocycles. The third-order valence-corrected chi connectivity index (χ3v) is 2.29. The Morgan fingerprint density at radius 3 is 2.41 bits per heavy atom. The predicted octanol–water partition coefficient (Wildman–Crippen LogP) is 0.261. The summed E-state index contributed by atoms with van der Waals surface area (Å²) >= 11 is 0. The van der Waals surface area contributed by atoms with Crippen LogP contribution in [0.2, 0.25) is 0 Å². The maximum atomic E-state index is 8.36. The van der Waals surface area contributed by atoms with E-state index < -0.39 is 5.09 Å². The fourth-order valence-electron chi connectivity index (χ4n) is 1.63. The molecule has 5 N–H and O–H groups in total. The van der Waals surface area contributed by atoms with Crippen LogP contribution in [0, 0.1) is 10.1 Å². The zero-order valence-electron chi connectivity index (χ0n) is 9.75. The van der Waals surface area contributed by atoms with Gasteiger partial charge >= 0.3 is 0 Å². The molecule has 100 valence electrons. The molecule has 0 amide bonds. The van der Waals surface area contributed by atoms with E-state index in [2.05, 4.69) is 4.99 Å². The molecular formula is C9H20N4O4. The molecule has 8 heteroatoms. The lowest BCUT2D eigenvalue weighted by atomic mass is 9.98. The number of nitrogens with two attached hydrogens (primary N) is 2. The fraction of sp³-hybridized carbons (Fsp3) is 0.889. The number of rotatable bonds is 4. The van der Waals surface area contributed by atoms with Crippen molar-refractivity contribution in [1.82, 2.24) is 0 Å². The number of hydrogen-bond donors (Lipinski definition) is 3. The van der Waals surface area contributed by atoms with Gasteiger partial charge in [-0.1, -0.05) is 19.3 Å². The molecule has 1 aliphatic carbocycles. The monoisotopic (exact) mass is 248 g/mol. The van der Waals surface area contributed by atoms with Crippen LogP contribution >= 0.6 is 0 Å². The second-order valence-electron chi connectivity index (χ2n) is 3.68. The van der Waals surface area contributed by atoms with Crippen molar-refractivity contribution in [2.45, 2.75) is 38.2 Å². The second kappa shape index (κ2) is 9.64. The van der Waals surface area contributed by atoms with Crippen molar-refractivity contribution in [2.75, 3.05) is 13.2 Å². The Hall–Kier alpha value is -1.57. The molecular weight excluding hydrogens is 228 g/mol. The summed E-state index contributed by atoms with van der Waals surface area (Å²) in [5.74, 6) is 0.146. The zero-order chi connectivity index (χ0) is 13.1. The van der Waals surface area contributed by atoms with Gasteiger partial charge in [-0.2, -0.15) is 0 Å². The predicted molar refractivity (Wildman–Crippen MR) is 62.3 cm³/mol. The number of aliphatic imine (C=N–C) groups is 1. The molecule has 0 aromatic rings. The van der Waals surface area contributed by atoms with Crippen LogP contribution in [0.25, 0.3) is 0 Å². The molecule has 1 fully saturated rings. The molecule has 0 bridgehead atoms. The molecule has 0 saturated heterocycles. The first-order valence-corrected chi connectivity index (χ1v) is 5.52. The smallest absolute Gasteiger partial charge is 0.291 e. The quantitative estimate of drug-likeness (QED) is 0.214. The number of hydrogen-bond acceptors (Lipinski definition) is 4. The van der Waals surface area contributed by atoms with E-state index >= 15 is 0 Å². The first kappa shape index (κ1) is 15.4. The van der Waals surface area contributed by atoms with E-state index in [1.165, 1.54) is 32.1 Å². The van der Waals surface area contributed by atoms with Gasteiger partial charge in [0.05, 0.1) is 19.3 Å². The summed E-state index contributed by atoms with van der Waals surface area (Å²) in [6, 6.07) is 0. The normalized spacial score (nSPS) is 15.5. The Kier molecular flexibility index (Phi) is 8.75. The van der Waals surface area contributed by atoms with E-state index in [4.69, 9.17) is 31.5 Å². The Bertz CT molecular complexity index is 233. The van der Waals surface area contributed by atoms with E-state index in [0.29, 0.717) is 19.3 Å². The molecule has 0 radical (unpaired) electrons. The fourth-order valence-corrected chi connectivity index (χ4v) is 1.63. The summed E-state index contributed by atoms with van der Waals surface area (Å²) in [5, 5.41) is 13.6. The molecule has 8 nitrogen and oxygen atoms in total. The lowest BCUT2D eigenvalue weighted by Gasteiger charge is -2.21. The summed E-state index contributed by atoms with van der Waals surface area (Å²) < 4.78 is 5.62. The SMILES string of the molecule is NC(N)=NCCOC1CCCCC1.O=[N+]([O-])O. The van der Waals surface area contributed by atoms with E-state index in [-0.39, 0.29) is 5.96 Å². The Morgan fingerprint density at radius 1 is 1.41 bits per heavy atom. The zero-order valence-corrected chi connectivity index (χ0v) is 9.75. The number of guanidine groups is 1. The molecule has 0 spiro atoms. The van der Waals surface area contributed by atoms with Crippen molar-refractivity contribution < 1.29 is 15.0 Å². The van der Waals surface area contributed by atoms with Gasteiger partial charge in [-0.05, 0) is 12.8 Å². The van der Waals surface area contributed by atoms with Crippen molar-refractivity contribution in [2.24, 2.45) is 16.5 Å². The Labute approximate surface area is 99.7 Å². The summed E-state index contributed by atoms with van der Waals surface area (Å²) in [4.78, 5) is 12.2. The van der Waals surface area contributed by atoms with Gasteiger partial charge < -0.3 is 21.4 Å². The Morgan fingerprint density at radius 2 is 1.94 bits per heavy atom. The molecule has 0 aliphatic heterocycles. The molecule has 0 atom stereocenters. The van der Waals surface area contributed by atoms with Gasteiger partial charge in [-0.25, -0.2) is 0 Å². The highest BCUT2D eigenvalue weighted by Gasteiger charge is 2.12. The highest BCUT2D eigenvalue weighted by Crippen LogP contribution is 2.19. The number of nitrogens with zero attached hydrogens (tertiary/aromatic N) is 2. The second-order valence-corrected chi connectivity index (χ2v) is 3.68. The average molecular weight is 248 g/mol. The summed E-state index contributed by atoms with van der Waals surface area (Å²) in [5.41, 5.74) is 10.4. The van der Waals surface area contributed by atoms with Crippen molar-refractivity contribution in [3.63, 3.8) is 0 Å². The van der Waals surface area contributed by atoms with E-state index in [1.807, 2.05) is 0 Å². The van der Waals surface area contributed by atoms with E-state index in [1.54, 1.807) is 0 Å². The average Bonchev–Trinajstić information content (AvgIpc) is 2.25. The van der Waals surface area contributed by atoms with Crippen LogP contribution in [0.3, 0.4) is 0 Å². The third-order valence-electron chi connectivity index (χ3n) is 2.29. The van der Waals surface area contributed by atoms with Crippen LogP contribution in [-0.2, 0) is 4.74 Å². The molecule has 0 unspecified atom stereocenters. The lowest BCUT2D eigenvalue weighted by molar-refractivity contribution is -0.742. The van der Waals surface area contributed by atoms with Crippen molar-refractivity contribution in [3.8, 4) is 0 Å². The molecule has 0 aromatic carbocycles. The van der Waals surface area contributed by atoms with Crippen molar-refractivity contribution in [3.05, 3.63) is 10.1 Å². The first-order valence-electron chi connectivity index (χ1n) is 5.52. The van der Waals surface area contributed by atoms with Crippen molar-refractivity contribution in [1.29, 1.82) is 0 Å². The topological polar surface area (TPSA) is 137 Å². The highest BCUT2D eigenvalue weighted by atomic mass is 16.9. The largest absolute Gasteiger partial charge is 0.376 e. The molecule has 0 aromatic heterocycles. The number of ether oxygens (including phenoxy) is 1. The molecule has 0 heterocycles. The van der Waals surface area contributed by atoms with Crippen LogP contribution in [-0.4, -0.2) is 35.5 Å². The summed E-state index contributed by atoms with van der Waals surface area (Å²) in [6.07, 6.45) is 6.79. The molecule has 1 aliphatic rings. The molecule has 17 heavy (non-hydrogen) atoms. The minimum Gasteiger partial charge on any atom is -0.376 e. The minimum absolute atomic E-state index is 0.146. The standard InChI is InChI=1S/C9H19N3O.HNO3/c10-9(11)12-6-7-13-8-4-2-1-3-5-8;2-1(3)4/h8H,1-7H2,(H4,10,11,12);(H,2,3,4). The lowest BCUT2D eigenvalue weighted by Crippen LogP contribution is -2.24. The Balaban J connectivity index is 0.000000557. The van der Waals surface area contributed by atoms with Gasteiger partial charge in [0.25, 0.3) is 5.09 Å². The summed E-state index contributed by atoms with van der Waals surface area (Å²) in [7, 11) is 0. The van der Waals surface area contributed by atoms with Gasteiger partial charge in [0.1, 0.15) is 0 Å². The highest BCUT2D eigenvalue weighted by molar-refractivity contribution is 5.75. The van der Waals surface area contributed by atoms with Gasteiger partial charge in [0.2, 0.25) is 0 Å². The van der Waals surface area contributed by atoms with Gasteiger partial charge in [0.15, 0.2) is 5.96 Å². The minimum atomic E-state index is -1.50. The van der Waals surface area contributed by atoms with Crippen LogP contribution in [0.1, 0.15) is 32.1 Å². The third kappa shape index (κ3) is 12.4. The van der Waals surface area contributed by atoms with Crippen LogP contribution < -0.4 is 11.5 Å². The van der Waals surface area contributed by atoms with E-state index in [0.717, 1.165) is 0 Å². The van der Waals surface area contributed by atoms with Gasteiger partial charge in [0, 0.05) is 0 Å². The van der Waals surface area contributed by atoms with Crippen LogP contribution in [0.5, 0.6) is 0 Å². The van der Waals surface area contributed by atoms with Gasteiger partial charge in [-0.15, -0.1) is 10.1 Å².